The number of ether oxygens (including phenoxy) is 2. The predicted molar refractivity (Wildman–Crippen MR) is 137 cm³/mol. The van der Waals surface area contributed by atoms with Crippen LogP contribution in [0.4, 0.5) is 0 Å². The number of aliphatic hydroxyl groups excluding tert-OH is 1. The molecule has 8 nitrogen and oxygen atoms in total. The summed E-state index contributed by atoms with van der Waals surface area (Å²) >= 11 is 0. The van der Waals surface area contributed by atoms with Gasteiger partial charge < -0.3 is 24.4 Å². The number of rotatable bonds is 13. The monoisotopic (exact) mass is 504 g/mol. The summed E-state index contributed by atoms with van der Waals surface area (Å²) in [7, 11) is 0. The van der Waals surface area contributed by atoms with Crippen LogP contribution >= 0.6 is 0 Å². The molecule has 202 valence electrons. The summed E-state index contributed by atoms with van der Waals surface area (Å²) in [6, 6.07) is -0.808. The van der Waals surface area contributed by atoms with Crippen molar-refractivity contribution in [3.63, 3.8) is 0 Å². The standard InChI is InChI=1S/C28H44N2O6/c1-7-16-30(26(4,5)6)24(33)22-28-15-14-27(9-3,36-28)21(25(34)35-19-8-2)20(28)23(32)29(22)17-12-10-11-13-18-31/h7-8,20-22,31H,1-2,9-19H2,3-6H3/t20-,21-,22?,27+,28?/m0/s1. The van der Waals surface area contributed by atoms with Crippen molar-refractivity contribution in [1.82, 2.24) is 9.80 Å². The molecule has 5 atom stereocenters. The Labute approximate surface area is 215 Å². The van der Waals surface area contributed by atoms with E-state index < -0.39 is 40.6 Å². The zero-order valence-electron chi connectivity index (χ0n) is 22.5. The van der Waals surface area contributed by atoms with Gasteiger partial charge in [-0.3, -0.25) is 14.4 Å². The first-order valence-corrected chi connectivity index (χ1v) is 13.4. The average Bonchev–Trinajstić information content (AvgIpc) is 3.43. The molecule has 3 aliphatic heterocycles. The van der Waals surface area contributed by atoms with Crippen LogP contribution in [0.3, 0.4) is 0 Å². The Morgan fingerprint density at radius 3 is 2.47 bits per heavy atom. The number of esters is 1. The van der Waals surface area contributed by atoms with Crippen molar-refractivity contribution in [2.24, 2.45) is 11.8 Å². The average molecular weight is 505 g/mol. The van der Waals surface area contributed by atoms with Gasteiger partial charge in [0.1, 0.15) is 24.2 Å². The highest BCUT2D eigenvalue weighted by molar-refractivity contribution is 5.98. The molecule has 1 spiro atoms. The van der Waals surface area contributed by atoms with E-state index in [1.54, 1.807) is 15.9 Å². The molecule has 2 bridgehead atoms. The van der Waals surface area contributed by atoms with Crippen molar-refractivity contribution in [2.45, 2.75) is 95.4 Å². The number of fused-ring (bicyclic) bond motifs is 1. The van der Waals surface area contributed by atoms with Crippen LogP contribution in [0.5, 0.6) is 0 Å². The second-order valence-corrected chi connectivity index (χ2v) is 11.3. The van der Waals surface area contributed by atoms with E-state index in [4.69, 9.17) is 14.6 Å². The number of aliphatic hydroxyl groups is 1. The molecule has 3 rings (SSSR count). The Kier molecular flexibility index (Phi) is 8.71. The lowest BCUT2D eigenvalue weighted by molar-refractivity contribution is -0.162. The first-order chi connectivity index (χ1) is 17.0. The summed E-state index contributed by atoms with van der Waals surface area (Å²) in [6.45, 7) is 16.3. The third kappa shape index (κ3) is 4.74. The van der Waals surface area contributed by atoms with E-state index in [9.17, 15) is 14.4 Å². The zero-order chi connectivity index (χ0) is 26.7. The minimum absolute atomic E-state index is 0.0666. The topological polar surface area (TPSA) is 96.4 Å². The van der Waals surface area contributed by atoms with Crippen LogP contribution in [0.15, 0.2) is 25.3 Å². The van der Waals surface area contributed by atoms with Crippen LogP contribution in [-0.4, -0.2) is 81.8 Å². The van der Waals surface area contributed by atoms with Crippen molar-refractivity contribution in [3.05, 3.63) is 25.3 Å². The molecular formula is C28H44N2O6. The maximum absolute atomic E-state index is 14.3. The molecule has 0 radical (unpaired) electrons. The lowest BCUT2D eigenvalue weighted by Crippen LogP contribution is -2.60. The Balaban J connectivity index is 2.03. The number of carbonyl (C=O) groups is 3. The molecule has 0 saturated carbocycles. The zero-order valence-corrected chi connectivity index (χ0v) is 22.5. The largest absolute Gasteiger partial charge is 0.461 e. The van der Waals surface area contributed by atoms with Crippen LogP contribution in [0.2, 0.25) is 0 Å². The predicted octanol–water partition coefficient (Wildman–Crippen LogP) is 3.24. The highest BCUT2D eigenvalue weighted by Crippen LogP contribution is 2.64. The molecular weight excluding hydrogens is 460 g/mol. The number of unbranched alkanes of at least 4 members (excludes halogenated alkanes) is 3. The van der Waals surface area contributed by atoms with Crippen LogP contribution in [0, 0.1) is 11.8 Å². The Morgan fingerprint density at radius 1 is 1.19 bits per heavy atom. The van der Waals surface area contributed by atoms with Crippen molar-refractivity contribution in [3.8, 4) is 0 Å². The highest BCUT2D eigenvalue weighted by atomic mass is 16.6. The Bertz CT molecular complexity index is 867. The molecule has 3 heterocycles. The number of likely N-dealkylation sites (tertiary alicyclic amines) is 1. The molecule has 3 aliphatic rings. The summed E-state index contributed by atoms with van der Waals surface area (Å²) in [5.41, 5.74) is -2.36. The molecule has 0 aromatic carbocycles. The normalized spacial score (nSPS) is 30.9. The van der Waals surface area contributed by atoms with E-state index in [0.717, 1.165) is 12.8 Å². The molecule has 2 amide bonds. The minimum Gasteiger partial charge on any atom is -0.461 e. The van der Waals surface area contributed by atoms with Gasteiger partial charge in [0.15, 0.2) is 0 Å². The first-order valence-electron chi connectivity index (χ1n) is 13.4. The Morgan fingerprint density at radius 2 is 1.89 bits per heavy atom. The van der Waals surface area contributed by atoms with Gasteiger partial charge in [0.25, 0.3) is 0 Å². The second-order valence-electron chi connectivity index (χ2n) is 11.3. The fourth-order valence-corrected chi connectivity index (χ4v) is 6.55. The number of hydrogen-bond donors (Lipinski definition) is 1. The molecule has 8 heteroatoms. The first kappa shape index (κ1) is 28.4. The van der Waals surface area contributed by atoms with Crippen molar-refractivity contribution in [1.29, 1.82) is 0 Å². The minimum atomic E-state index is -1.06. The molecule has 3 saturated heterocycles. The molecule has 36 heavy (non-hydrogen) atoms. The van der Waals surface area contributed by atoms with Crippen LogP contribution in [0.25, 0.3) is 0 Å². The van der Waals surface area contributed by atoms with Gasteiger partial charge in [-0.05, 0) is 52.9 Å². The Hall–Kier alpha value is -2.19. The van der Waals surface area contributed by atoms with Crippen LogP contribution < -0.4 is 0 Å². The molecule has 1 N–H and O–H groups in total. The van der Waals surface area contributed by atoms with Crippen molar-refractivity contribution < 1.29 is 29.0 Å². The van der Waals surface area contributed by atoms with Gasteiger partial charge in [-0.25, -0.2) is 0 Å². The second kappa shape index (κ2) is 11.1. The highest BCUT2D eigenvalue weighted by Gasteiger charge is 2.79. The number of hydrogen-bond acceptors (Lipinski definition) is 6. The fourth-order valence-electron chi connectivity index (χ4n) is 6.55. The van der Waals surface area contributed by atoms with Gasteiger partial charge >= 0.3 is 5.97 Å². The third-order valence-electron chi connectivity index (χ3n) is 8.21. The van der Waals surface area contributed by atoms with E-state index in [1.807, 2.05) is 27.7 Å². The summed E-state index contributed by atoms with van der Waals surface area (Å²) < 4.78 is 12.2. The number of amides is 2. The number of nitrogens with zero attached hydrogens (tertiary/aromatic N) is 2. The van der Waals surface area contributed by atoms with Gasteiger partial charge in [-0.1, -0.05) is 38.5 Å². The van der Waals surface area contributed by atoms with E-state index in [1.165, 1.54) is 6.08 Å². The molecule has 0 aromatic heterocycles. The van der Waals surface area contributed by atoms with E-state index >= 15 is 0 Å². The van der Waals surface area contributed by atoms with Gasteiger partial charge in [-0.2, -0.15) is 0 Å². The van der Waals surface area contributed by atoms with Crippen molar-refractivity contribution >= 4 is 17.8 Å². The summed E-state index contributed by atoms with van der Waals surface area (Å²) in [6.07, 6.45) is 8.02. The van der Waals surface area contributed by atoms with Crippen LogP contribution in [0.1, 0.15) is 72.6 Å². The van der Waals surface area contributed by atoms with Gasteiger partial charge in [-0.15, -0.1) is 6.58 Å². The smallest absolute Gasteiger partial charge is 0.313 e. The maximum Gasteiger partial charge on any atom is 0.313 e. The third-order valence-corrected chi connectivity index (χ3v) is 8.21. The molecule has 3 fully saturated rings. The summed E-state index contributed by atoms with van der Waals surface area (Å²) in [5, 5.41) is 9.10. The maximum atomic E-state index is 14.3. The van der Waals surface area contributed by atoms with Gasteiger partial charge in [0.05, 0.1) is 11.5 Å². The number of carbonyl (C=O) groups excluding carboxylic acids is 3. The summed E-state index contributed by atoms with van der Waals surface area (Å²) in [5.74, 6) is -2.31. The SMILES string of the molecule is C=CCOC(=O)[C@@H]1[C@H]2C(=O)N(CCCCCCO)C(C(=O)N(CC=C)C(C)(C)C)C23CC[C@@]1(CC)O3. The van der Waals surface area contributed by atoms with Crippen LogP contribution in [-0.2, 0) is 23.9 Å². The van der Waals surface area contributed by atoms with E-state index in [-0.39, 0.29) is 25.0 Å². The summed E-state index contributed by atoms with van der Waals surface area (Å²) in [4.78, 5) is 45.1. The lowest BCUT2D eigenvalue weighted by Gasteiger charge is -2.42. The molecule has 2 unspecified atom stereocenters. The van der Waals surface area contributed by atoms with Gasteiger partial charge in [0.2, 0.25) is 11.8 Å². The van der Waals surface area contributed by atoms with E-state index in [0.29, 0.717) is 45.2 Å². The lowest BCUT2D eigenvalue weighted by atomic mass is 9.65. The van der Waals surface area contributed by atoms with Crippen molar-refractivity contribution in [2.75, 3.05) is 26.3 Å². The quantitative estimate of drug-likeness (QED) is 0.235. The van der Waals surface area contributed by atoms with E-state index in [2.05, 4.69) is 13.2 Å². The fraction of sp³-hybridized carbons (Fsp3) is 0.750. The van der Waals surface area contributed by atoms with Gasteiger partial charge in [0, 0.05) is 25.2 Å². The molecule has 0 aliphatic carbocycles. The molecule has 0 aromatic rings.